The summed E-state index contributed by atoms with van der Waals surface area (Å²) in [5.74, 6) is -0.830. The van der Waals surface area contributed by atoms with Gasteiger partial charge in [0.1, 0.15) is 5.01 Å². The fourth-order valence-electron chi connectivity index (χ4n) is 2.75. The first-order chi connectivity index (χ1) is 12.6. The third kappa shape index (κ3) is 4.13. The summed E-state index contributed by atoms with van der Waals surface area (Å²) in [6.45, 7) is 2.14. The van der Waals surface area contributed by atoms with E-state index < -0.39 is 0 Å². The van der Waals surface area contributed by atoms with E-state index in [-0.39, 0.29) is 30.6 Å². The van der Waals surface area contributed by atoms with E-state index in [0.717, 1.165) is 35.6 Å². The number of nitrogens with one attached hydrogen (secondary N) is 1. The molecule has 1 aliphatic heterocycles. The quantitative estimate of drug-likeness (QED) is 0.595. The van der Waals surface area contributed by atoms with E-state index in [1.54, 1.807) is 24.3 Å². The van der Waals surface area contributed by atoms with Gasteiger partial charge in [-0.3, -0.25) is 24.6 Å². The number of hydrogen-bond donors (Lipinski definition) is 1. The maximum absolute atomic E-state index is 12.5. The molecular formula is C18H20N4O3S. The van der Waals surface area contributed by atoms with Gasteiger partial charge in [-0.2, -0.15) is 0 Å². The van der Waals surface area contributed by atoms with Crippen molar-refractivity contribution >= 4 is 39.9 Å². The van der Waals surface area contributed by atoms with Gasteiger partial charge in [0.25, 0.3) is 5.91 Å². The molecule has 8 heteroatoms. The van der Waals surface area contributed by atoms with Crippen molar-refractivity contribution in [2.75, 3.05) is 10.2 Å². The summed E-state index contributed by atoms with van der Waals surface area (Å²) in [7, 11) is 0. The Morgan fingerprint density at radius 3 is 2.69 bits per heavy atom. The topological polar surface area (TPSA) is 92.3 Å². The Bertz CT molecular complexity index is 817. The van der Waals surface area contributed by atoms with Gasteiger partial charge in [-0.1, -0.05) is 37.2 Å². The summed E-state index contributed by atoms with van der Waals surface area (Å²) in [6.07, 6.45) is 4.61. The molecule has 2 aromatic rings. The van der Waals surface area contributed by atoms with E-state index in [1.807, 2.05) is 0 Å². The number of aromatic nitrogens is 2. The highest BCUT2D eigenvalue weighted by atomic mass is 32.1. The zero-order valence-electron chi connectivity index (χ0n) is 14.5. The van der Waals surface area contributed by atoms with E-state index >= 15 is 0 Å². The number of benzene rings is 1. The maximum atomic E-state index is 12.5. The molecule has 1 aromatic heterocycles. The molecule has 0 saturated carbocycles. The number of imide groups is 1. The predicted octanol–water partition coefficient (Wildman–Crippen LogP) is 3.18. The molecule has 1 aromatic carbocycles. The Labute approximate surface area is 155 Å². The van der Waals surface area contributed by atoms with Crippen molar-refractivity contribution in [3.63, 3.8) is 0 Å². The van der Waals surface area contributed by atoms with Crippen LogP contribution in [0.5, 0.6) is 0 Å². The van der Waals surface area contributed by atoms with Crippen molar-refractivity contribution in [2.24, 2.45) is 0 Å². The van der Waals surface area contributed by atoms with Crippen LogP contribution in [0, 0.1) is 0 Å². The summed E-state index contributed by atoms with van der Waals surface area (Å²) in [4.78, 5) is 37.3. The standard InChI is InChI=1S/C18H20N4O3S/c1-2-3-4-8-14-20-21-18(26-14)19-17(25)12-6-5-7-13(11-12)22-15(23)9-10-16(22)24/h5-7,11H,2-4,8-10H2,1H3,(H,19,21,25). The molecule has 0 atom stereocenters. The lowest BCUT2D eigenvalue weighted by Crippen LogP contribution is -2.28. The molecule has 3 amide bonds. The first kappa shape index (κ1) is 18.2. The number of carbonyl (C=O) groups excluding carboxylic acids is 3. The van der Waals surface area contributed by atoms with Crippen molar-refractivity contribution in [1.82, 2.24) is 10.2 Å². The lowest BCUT2D eigenvalue weighted by atomic mass is 10.2. The minimum atomic E-state index is -0.345. The SMILES string of the molecule is CCCCCc1nnc(NC(=O)c2cccc(N3C(=O)CCC3=O)c2)s1. The Morgan fingerprint density at radius 2 is 1.96 bits per heavy atom. The molecule has 1 N–H and O–H groups in total. The number of amides is 3. The molecule has 2 heterocycles. The maximum Gasteiger partial charge on any atom is 0.257 e. The van der Waals surface area contributed by atoms with Crippen molar-refractivity contribution < 1.29 is 14.4 Å². The van der Waals surface area contributed by atoms with Crippen LogP contribution in [0.2, 0.25) is 0 Å². The van der Waals surface area contributed by atoms with Crippen molar-refractivity contribution in [2.45, 2.75) is 45.4 Å². The van der Waals surface area contributed by atoms with Gasteiger partial charge in [0.2, 0.25) is 16.9 Å². The van der Waals surface area contributed by atoms with Crippen molar-refractivity contribution in [3.05, 3.63) is 34.8 Å². The summed E-state index contributed by atoms with van der Waals surface area (Å²) in [5.41, 5.74) is 0.778. The van der Waals surface area contributed by atoms with Gasteiger partial charge in [-0.15, -0.1) is 10.2 Å². The second-order valence-corrected chi connectivity index (χ2v) is 7.15. The van der Waals surface area contributed by atoms with Gasteiger partial charge in [0, 0.05) is 24.8 Å². The van der Waals surface area contributed by atoms with E-state index in [0.29, 0.717) is 16.4 Å². The number of hydrogen-bond acceptors (Lipinski definition) is 6. The zero-order chi connectivity index (χ0) is 18.5. The van der Waals surface area contributed by atoms with E-state index in [1.165, 1.54) is 11.3 Å². The number of aryl methyl sites for hydroxylation is 1. The summed E-state index contributed by atoms with van der Waals surface area (Å²) in [6, 6.07) is 6.47. The lowest BCUT2D eigenvalue weighted by Gasteiger charge is -2.14. The normalized spacial score (nSPS) is 14.1. The lowest BCUT2D eigenvalue weighted by molar-refractivity contribution is -0.121. The minimum Gasteiger partial charge on any atom is -0.296 e. The molecule has 0 bridgehead atoms. The summed E-state index contributed by atoms with van der Waals surface area (Å²) >= 11 is 1.36. The molecular weight excluding hydrogens is 352 g/mol. The van der Waals surface area contributed by atoms with Crippen molar-refractivity contribution in [3.8, 4) is 0 Å². The molecule has 0 unspecified atom stereocenters. The fourth-order valence-corrected chi connectivity index (χ4v) is 3.53. The van der Waals surface area contributed by atoms with Gasteiger partial charge >= 0.3 is 0 Å². The second kappa shape index (κ2) is 8.18. The molecule has 1 aliphatic rings. The molecule has 1 fully saturated rings. The van der Waals surface area contributed by atoms with Crippen LogP contribution in [0.15, 0.2) is 24.3 Å². The first-order valence-corrected chi connectivity index (χ1v) is 9.49. The third-order valence-electron chi connectivity index (χ3n) is 4.10. The van der Waals surface area contributed by atoms with Crippen LogP contribution in [0.3, 0.4) is 0 Å². The van der Waals surface area contributed by atoms with Crippen LogP contribution in [-0.2, 0) is 16.0 Å². The Kier molecular flexibility index (Phi) is 5.72. The molecule has 0 aliphatic carbocycles. The van der Waals surface area contributed by atoms with E-state index in [2.05, 4.69) is 22.4 Å². The van der Waals surface area contributed by atoms with Crippen molar-refractivity contribution in [1.29, 1.82) is 0 Å². The Hall–Kier alpha value is -2.61. The zero-order valence-corrected chi connectivity index (χ0v) is 15.3. The third-order valence-corrected chi connectivity index (χ3v) is 5.00. The second-order valence-electron chi connectivity index (χ2n) is 6.09. The highest BCUT2D eigenvalue weighted by molar-refractivity contribution is 7.15. The molecule has 3 rings (SSSR count). The van der Waals surface area contributed by atoms with Crippen LogP contribution in [0.25, 0.3) is 0 Å². The monoisotopic (exact) mass is 372 g/mol. The Balaban J connectivity index is 1.68. The van der Waals surface area contributed by atoms with Gasteiger partial charge in [0.15, 0.2) is 0 Å². The molecule has 0 radical (unpaired) electrons. The van der Waals surface area contributed by atoms with Crippen LogP contribution in [0.1, 0.15) is 54.4 Å². The van der Waals surface area contributed by atoms with E-state index in [9.17, 15) is 14.4 Å². The minimum absolute atomic E-state index is 0.209. The largest absolute Gasteiger partial charge is 0.296 e. The molecule has 26 heavy (non-hydrogen) atoms. The molecule has 136 valence electrons. The number of anilines is 2. The number of unbranched alkanes of at least 4 members (excludes halogenated alkanes) is 2. The highest BCUT2D eigenvalue weighted by Crippen LogP contribution is 2.24. The average Bonchev–Trinajstić information content (AvgIpc) is 3.21. The van der Waals surface area contributed by atoms with Crippen LogP contribution in [-0.4, -0.2) is 27.9 Å². The predicted molar refractivity (Wildman–Crippen MR) is 99.3 cm³/mol. The Morgan fingerprint density at radius 1 is 1.19 bits per heavy atom. The highest BCUT2D eigenvalue weighted by Gasteiger charge is 2.30. The van der Waals surface area contributed by atoms with Crippen LogP contribution in [0.4, 0.5) is 10.8 Å². The number of rotatable bonds is 7. The number of nitrogens with zero attached hydrogens (tertiary/aromatic N) is 3. The summed E-state index contributed by atoms with van der Waals surface area (Å²) in [5, 5.41) is 12.2. The summed E-state index contributed by atoms with van der Waals surface area (Å²) < 4.78 is 0. The van der Waals surface area contributed by atoms with E-state index in [4.69, 9.17) is 0 Å². The van der Waals surface area contributed by atoms with Gasteiger partial charge in [-0.25, -0.2) is 0 Å². The van der Waals surface area contributed by atoms with Crippen LogP contribution >= 0.6 is 11.3 Å². The fraction of sp³-hybridized carbons (Fsp3) is 0.389. The molecule has 0 spiro atoms. The number of carbonyl (C=O) groups is 3. The van der Waals surface area contributed by atoms with Crippen LogP contribution < -0.4 is 10.2 Å². The van der Waals surface area contributed by atoms with Gasteiger partial charge < -0.3 is 0 Å². The first-order valence-electron chi connectivity index (χ1n) is 8.68. The van der Waals surface area contributed by atoms with Gasteiger partial charge in [-0.05, 0) is 24.6 Å². The smallest absolute Gasteiger partial charge is 0.257 e. The molecule has 7 nitrogen and oxygen atoms in total. The average molecular weight is 372 g/mol. The molecule has 1 saturated heterocycles. The van der Waals surface area contributed by atoms with Gasteiger partial charge in [0.05, 0.1) is 5.69 Å².